The average Bonchev–Trinajstić information content (AvgIpc) is 3.12. The largest absolute Gasteiger partial charge is 0.452 e. The first-order valence-corrected chi connectivity index (χ1v) is 8.08. The molecule has 1 fully saturated rings. The van der Waals surface area contributed by atoms with E-state index in [9.17, 15) is 18.0 Å². The summed E-state index contributed by atoms with van der Waals surface area (Å²) < 4.78 is 42.8. The molecule has 0 radical (unpaired) electrons. The monoisotopic (exact) mass is 357 g/mol. The number of alkyl halides is 3. The Morgan fingerprint density at radius 1 is 1.42 bits per heavy atom. The van der Waals surface area contributed by atoms with Crippen molar-refractivity contribution in [3.8, 4) is 10.6 Å². The highest BCUT2D eigenvalue weighted by Gasteiger charge is 2.39. The smallest absolute Gasteiger partial charge is 0.351 e. The molecule has 0 spiro atoms. The number of nitrogens with one attached hydrogen (secondary N) is 1. The Bertz CT molecular complexity index is 794. The van der Waals surface area contributed by atoms with E-state index in [0.717, 1.165) is 17.8 Å². The number of carbonyl (C=O) groups excluding carboxylic acids is 1. The Labute approximate surface area is 139 Å². The van der Waals surface area contributed by atoms with E-state index in [-0.39, 0.29) is 17.2 Å². The van der Waals surface area contributed by atoms with Gasteiger partial charge in [0.1, 0.15) is 5.69 Å². The second-order valence-electron chi connectivity index (χ2n) is 5.58. The van der Waals surface area contributed by atoms with Crippen molar-refractivity contribution >= 4 is 23.0 Å². The molecule has 0 aliphatic carbocycles. The summed E-state index contributed by atoms with van der Waals surface area (Å²) in [5.74, 6) is -1.34. The lowest BCUT2D eigenvalue weighted by molar-refractivity contribution is -0.156. The fraction of sp³-hybridized carbons (Fsp3) is 0.400. The zero-order valence-electron chi connectivity index (χ0n) is 12.7. The van der Waals surface area contributed by atoms with Crippen molar-refractivity contribution in [3.63, 3.8) is 0 Å². The first-order chi connectivity index (χ1) is 11.3. The van der Waals surface area contributed by atoms with Gasteiger partial charge < -0.3 is 14.8 Å². The molecule has 0 saturated carbocycles. The molecule has 1 aliphatic rings. The van der Waals surface area contributed by atoms with Crippen molar-refractivity contribution in [1.29, 1.82) is 5.41 Å². The molecule has 1 amide bonds. The minimum atomic E-state index is -4.60. The molecular formula is C15H14F3N3O2S. The number of halogens is 3. The zero-order valence-corrected chi connectivity index (χ0v) is 13.6. The van der Waals surface area contributed by atoms with Crippen LogP contribution >= 0.6 is 11.3 Å². The van der Waals surface area contributed by atoms with Crippen LogP contribution in [0.4, 0.5) is 13.2 Å². The van der Waals surface area contributed by atoms with Crippen molar-refractivity contribution in [3.05, 3.63) is 28.3 Å². The quantitative estimate of drug-likeness (QED) is 0.884. The van der Waals surface area contributed by atoms with E-state index >= 15 is 0 Å². The standard InChI is InChI=1S/C15H14F3N3O2S/c1-8-12(20-23-13(8)15(16,17)18)10-4-5-11(24-10)14(22)21-6-2-3-9(19)7-21/h4-5,19H,2-3,6-7H2,1H3. The van der Waals surface area contributed by atoms with Gasteiger partial charge >= 0.3 is 6.18 Å². The molecule has 0 bridgehead atoms. The van der Waals surface area contributed by atoms with E-state index in [2.05, 4.69) is 9.68 Å². The van der Waals surface area contributed by atoms with E-state index in [4.69, 9.17) is 5.41 Å². The minimum Gasteiger partial charge on any atom is -0.351 e. The number of carbonyl (C=O) groups is 1. The summed E-state index contributed by atoms with van der Waals surface area (Å²) in [5, 5.41) is 11.2. The number of thiophene rings is 1. The molecule has 3 heterocycles. The summed E-state index contributed by atoms with van der Waals surface area (Å²) in [5.41, 5.74) is 0.509. The number of nitrogens with zero attached hydrogens (tertiary/aromatic N) is 2. The van der Waals surface area contributed by atoms with Gasteiger partial charge in [0.05, 0.1) is 16.3 Å². The number of piperidine rings is 1. The minimum absolute atomic E-state index is 0.0944. The number of aromatic nitrogens is 1. The van der Waals surface area contributed by atoms with E-state index in [1.807, 2.05) is 0 Å². The summed E-state index contributed by atoms with van der Waals surface area (Å²) in [4.78, 5) is 14.9. The lowest BCUT2D eigenvalue weighted by Gasteiger charge is -2.26. The number of hydrogen-bond acceptors (Lipinski definition) is 5. The highest BCUT2D eigenvalue weighted by atomic mass is 32.1. The van der Waals surface area contributed by atoms with Crippen molar-refractivity contribution in [2.24, 2.45) is 0 Å². The molecule has 0 unspecified atom stereocenters. The molecule has 2 aromatic rings. The second-order valence-corrected chi connectivity index (χ2v) is 6.66. The summed E-state index contributed by atoms with van der Waals surface area (Å²) in [6.07, 6.45) is -3.16. The van der Waals surface area contributed by atoms with E-state index in [0.29, 0.717) is 35.0 Å². The maximum absolute atomic E-state index is 12.8. The first-order valence-electron chi connectivity index (χ1n) is 7.26. The van der Waals surface area contributed by atoms with Crippen molar-refractivity contribution in [2.75, 3.05) is 13.1 Å². The second kappa shape index (κ2) is 6.04. The van der Waals surface area contributed by atoms with Gasteiger partial charge in [-0.2, -0.15) is 13.2 Å². The van der Waals surface area contributed by atoms with Gasteiger partial charge in [-0.05, 0) is 31.9 Å². The predicted octanol–water partition coefficient (Wildman–Crippen LogP) is 3.99. The number of hydrogen-bond donors (Lipinski definition) is 1. The molecule has 1 saturated heterocycles. The van der Waals surface area contributed by atoms with E-state index < -0.39 is 11.9 Å². The maximum atomic E-state index is 12.8. The van der Waals surface area contributed by atoms with Gasteiger partial charge in [-0.1, -0.05) is 5.16 Å². The van der Waals surface area contributed by atoms with Gasteiger partial charge in [-0.3, -0.25) is 4.79 Å². The Kier molecular flexibility index (Phi) is 4.20. The molecule has 0 aromatic carbocycles. The van der Waals surface area contributed by atoms with Crippen molar-refractivity contribution in [2.45, 2.75) is 25.9 Å². The van der Waals surface area contributed by atoms with Gasteiger partial charge in [0.25, 0.3) is 5.91 Å². The molecule has 3 rings (SSSR count). The molecule has 24 heavy (non-hydrogen) atoms. The zero-order chi connectivity index (χ0) is 17.5. The highest BCUT2D eigenvalue weighted by molar-refractivity contribution is 7.17. The van der Waals surface area contributed by atoms with Crippen LogP contribution in [0.1, 0.15) is 33.8 Å². The van der Waals surface area contributed by atoms with Gasteiger partial charge in [0.15, 0.2) is 0 Å². The fourth-order valence-electron chi connectivity index (χ4n) is 2.61. The fourth-order valence-corrected chi connectivity index (χ4v) is 3.62. The van der Waals surface area contributed by atoms with Crippen LogP contribution in [-0.2, 0) is 6.18 Å². The van der Waals surface area contributed by atoms with Crippen LogP contribution in [0, 0.1) is 12.3 Å². The molecule has 2 aromatic heterocycles. The molecule has 5 nitrogen and oxygen atoms in total. The van der Waals surface area contributed by atoms with Gasteiger partial charge in [0.2, 0.25) is 5.76 Å². The van der Waals surface area contributed by atoms with Crippen LogP contribution in [0.25, 0.3) is 10.6 Å². The molecule has 1 N–H and O–H groups in total. The van der Waals surface area contributed by atoms with Gasteiger partial charge in [0, 0.05) is 17.8 Å². The molecular weight excluding hydrogens is 343 g/mol. The third-order valence-corrected chi connectivity index (χ3v) is 4.89. The van der Waals surface area contributed by atoms with Crippen LogP contribution in [0.15, 0.2) is 16.7 Å². The van der Waals surface area contributed by atoms with Crippen LogP contribution in [0.5, 0.6) is 0 Å². The predicted molar refractivity (Wildman–Crippen MR) is 82.4 cm³/mol. The summed E-state index contributed by atoms with van der Waals surface area (Å²) in [7, 11) is 0. The Morgan fingerprint density at radius 3 is 2.79 bits per heavy atom. The van der Waals surface area contributed by atoms with Gasteiger partial charge in [-0.15, -0.1) is 11.3 Å². The van der Waals surface area contributed by atoms with E-state index in [1.165, 1.54) is 6.92 Å². The maximum Gasteiger partial charge on any atom is 0.452 e. The molecule has 0 atom stereocenters. The summed E-state index contributed by atoms with van der Waals surface area (Å²) in [6.45, 7) is 2.17. The third-order valence-electron chi connectivity index (χ3n) is 3.81. The lowest BCUT2D eigenvalue weighted by atomic mass is 10.1. The van der Waals surface area contributed by atoms with E-state index in [1.54, 1.807) is 17.0 Å². The number of amides is 1. The Balaban J connectivity index is 1.85. The Hall–Kier alpha value is -2.16. The van der Waals surface area contributed by atoms with Crippen LogP contribution in [0.2, 0.25) is 0 Å². The number of rotatable bonds is 2. The third kappa shape index (κ3) is 3.08. The molecule has 1 aliphatic heterocycles. The SMILES string of the molecule is Cc1c(-c2ccc(C(=O)N3CCCC(=N)C3)s2)noc1C(F)(F)F. The normalized spacial score (nSPS) is 15.8. The van der Waals surface area contributed by atoms with Crippen molar-refractivity contribution in [1.82, 2.24) is 10.1 Å². The van der Waals surface area contributed by atoms with Gasteiger partial charge in [-0.25, -0.2) is 0 Å². The number of likely N-dealkylation sites (tertiary alicyclic amines) is 1. The topological polar surface area (TPSA) is 70.2 Å². The Morgan fingerprint density at radius 2 is 2.17 bits per heavy atom. The highest BCUT2D eigenvalue weighted by Crippen LogP contribution is 2.38. The summed E-state index contributed by atoms with van der Waals surface area (Å²) in [6, 6.07) is 3.14. The molecule has 9 heteroatoms. The first kappa shape index (κ1) is 16.7. The van der Waals surface area contributed by atoms with Crippen LogP contribution in [-0.4, -0.2) is 34.8 Å². The van der Waals surface area contributed by atoms with Crippen LogP contribution < -0.4 is 0 Å². The van der Waals surface area contributed by atoms with Crippen molar-refractivity contribution < 1.29 is 22.5 Å². The lowest BCUT2D eigenvalue weighted by Crippen LogP contribution is -2.39. The average molecular weight is 357 g/mol. The molecule has 128 valence electrons. The van der Waals surface area contributed by atoms with Crippen LogP contribution in [0.3, 0.4) is 0 Å². The summed E-state index contributed by atoms with van der Waals surface area (Å²) >= 11 is 1.08.